The summed E-state index contributed by atoms with van der Waals surface area (Å²) in [5.41, 5.74) is 6.07. The van der Waals surface area contributed by atoms with Crippen molar-refractivity contribution in [3.63, 3.8) is 0 Å². The van der Waals surface area contributed by atoms with Gasteiger partial charge < -0.3 is 9.84 Å². The number of nitrogens with one attached hydrogen (secondary N) is 1. The fourth-order valence-electron chi connectivity index (χ4n) is 4.02. The van der Waals surface area contributed by atoms with E-state index in [1.807, 2.05) is 85.8 Å². The van der Waals surface area contributed by atoms with Crippen molar-refractivity contribution in [1.82, 2.24) is 5.16 Å². The number of fused-ring (bicyclic) bond motifs is 3. The van der Waals surface area contributed by atoms with Crippen molar-refractivity contribution in [2.45, 2.75) is 19.4 Å². The van der Waals surface area contributed by atoms with Crippen LogP contribution in [0.5, 0.6) is 0 Å². The van der Waals surface area contributed by atoms with Crippen molar-refractivity contribution in [1.29, 1.82) is 0 Å². The summed E-state index contributed by atoms with van der Waals surface area (Å²) in [6.07, 6.45) is 0.127. The second-order valence-electron chi connectivity index (χ2n) is 7.67. The molecule has 32 heavy (non-hydrogen) atoms. The van der Waals surface area contributed by atoms with E-state index in [9.17, 15) is 4.79 Å². The largest absolute Gasteiger partial charge is 0.358 e. The minimum absolute atomic E-state index is 0.127. The molecular formula is C26H20ClN3O2. The van der Waals surface area contributed by atoms with E-state index in [4.69, 9.17) is 21.1 Å². The monoisotopic (exact) mass is 441 g/mol. The Kier molecular flexibility index (Phi) is 5.33. The van der Waals surface area contributed by atoms with Crippen molar-refractivity contribution in [3.05, 3.63) is 106 Å². The minimum Gasteiger partial charge on any atom is -0.358 e. The van der Waals surface area contributed by atoms with Crippen molar-refractivity contribution in [2.24, 2.45) is 4.99 Å². The lowest BCUT2D eigenvalue weighted by molar-refractivity contribution is -0.116. The lowest BCUT2D eigenvalue weighted by atomic mass is 9.93. The lowest BCUT2D eigenvalue weighted by Gasteiger charge is -2.12. The Bertz CT molecular complexity index is 1310. The molecule has 2 heterocycles. The van der Waals surface area contributed by atoms with Crippen molar-refractivity contribution in [2.75, 3.05) is 5.32 Å². The minimum atomic E-state index is -0.520. The Morgan fingerprint density at radius 3 is 2.41 bits per heavy atom. The van der Waals surface area contributed by atoms with Gasteiger partial charge in [0.15, 0.2) is 5.76 Å². The zero-order valence-electron chi connectivity index (χ0n) is 17.4. The molecule has 1 N–H and O–H groups in total. The number of para-hydroxylation sites is 1. The quantitative estimate of drug-likeness (QED) is 0.408. The molecule has 158 valence electrons. The molecule has 0 spiro atoms. The highest BCUT2D eigenvalue weighted by Crippen LogP contribution is 2.40. The first-order chi connectivity index (χ1) is 15.6. The Labute approximate surface area is 190 Å². The van der Waals surface area contributed by atoms with Gasteiger partial charge in [-0.05, 0) is 36.8 Å². The van der Waals surface area contributed by atoms with Gasteiger partial charge in [-0.2, -0.15) is 0 Å². The molecule has 4 aromatic rings. The number of nitrogens with zero attached hydrogens (tertiary/aromatic N) is 2. The Morgan fingerprint density at radius 1 is 0.969 bits per heavy atom. The highest BCUT2D eigenvalue weighted by Gasteiger charge is 2.31. The molecule has 1 amide bonds. The van der Waals surface area contributed by atoms with Gasteiger partial charge in [-0.3, -0.25) is 9.79 Å². The van der Waals surface area contributed by atoms with Gasteiger partial charge in [0.1, 0.15) is 6.04 Å². The van der Waals surface area contributed by atoms with Crippen LogP contribution in [0.2, 0.25) is 5.02 Å². The van der Waals surface area contributed by atoms with E-state index in [0.717, 1.165) is 39.3 Å². The maximum atomic E-state index is 12.9. The number of anilines is 1. The van der Waals surface area contributed by atoms with Crippen LogP contribution in [-0.4, -0.2) is 16.8 Å². The van der Waals surface area contributed by atoms with E-state index in [-0.39, 0.29) is 12.3 Å². The molecule has 0 saturated carbocycles. The molecule has 1 aliphatic heterocycles. The van der Waals surface area contributed by atoms with E-state index in [1.165, 1.54) is 0 Å². The second-order valence-corrected chi connectivity index (χ2v) is 8.11. The van der Waals surface area contributed by atoms with Crippen molar-refractivity contribution < 1.29 is 9.32 Å². The van der Waals surface area contributed by atoms with Gasteiger partial charge in [-0.25, -0.2) is 0 Å². The van der Waals surface area contributed by atoms with Crippen LogP contribution in [0, 0.1) is 6.92 Å². The number of aromatic nitrogens is 1. The van der Waals surface area contributed by atoms with Crippen LogP contribution in [0.3, 0.4) is 0 Å². The zero-order valence-corrected chi connectivity index (χ0v) is 18.1. The molecule has 0 aliphatic carbocycles. The molecule has 0 bridgehead atoms. The molecule has 5 nitrogen and oxygen atoms in total. The summed E-state index contributed by atoms with van der Waals surface area (Å²) in [5.74, 6) is 0.452. The van der Waals surface area contributed by atoms with Crippen LogP contribution in [0.4, 0.5) is 5.69 Å². The third-order valence-electron chi connectivity index (χ3n) is 5.48. The molecule has 6 heteroatoms. The van der Waals surface area contributed by atoms with E-state index in [0.29, 0.717) is 10.8 Å². The average Bonchev–Trinajstić information content (AvgIpc) is 3.13. The highest BCUT2D eigenvalue weighted by molar-refractivity contribution is 6.30. The van der Waals surface area contributed by atoms with Gasteiger partial charge >= 0.3 is 0 Å². The first-order valence-electron chi connectivity index (χ1n) is 10.3. The van der Waals surface area contributed by atoms with Gasteiger partial charge in [0.25, 0.3) is 0 Å². The van der Waals surface area contributed by atoms with Gasteiger partial charge in [0.2, 0.25) is 5.91 Å². The van der Waals surface area contributed by atoms with E-state index >= 15 is 0 Å². The summed E-state index contributed by atoms with van der Waals surface area (Å²) in [4.78, 5) is 17.9. The number of hydrogen-bond acceptors (Lipinski definition) is 4. The number of aryl methyl sites for hydroxylation is 1. The van der Waals surface area contributed by atoms with Gasteiger partial charge in [0, 0.05) is 21.8 Å². The molecular weight excluding hydrogens is 422 g/mol. The highest BCUT2D eigenvalue weighted by atomic mass is 35.5. The summed E-state index contributed by atoms with van der Waals surface area (Å²) >= 11 is 6.12. The number of carbonyl (C=O) groups excluding carboxylic acids is 1. The summed E-state index contributed by atoms with van der Waals surface area (Å²) in [6, 6.07) is 24.5. The number of benzene rings is 3. The fourth-order valence-corrected chi connectivity index (χ4v) is 4.15. The molecule has 0 unspecified atom stereocenters. The fraction of sp³-hybridized carbons (Fsp3) is 0.115. The predicted octanol–water partition coefficient (Wildman–Crippen LogP) is 6.22. The molecule has 0 saturated heterocycles. The SMILES string of the molecule is Cc1noc2c1-c1ccccc1C(c1ccc(Cl)cc1)=N[C@@H]2CC(=O)Nc1ccccc1. The van der Waals surface area contributed by atoms with Crippen LogP contribution >= 0.6 is 11.6 Å². The number of hydrogen-bond donors (Lipinski definition) is 1. The Hall–Kier alpha value is -3.70. The smallest absolute Gasteiger partial charge is 0.227 e. The zero-order chi connectivity index (χ0) is 22.1. The standard InChI is InChI=1S/C26H20ClN3O2/c1-16-24-20-9-5-6-10-21(20)25(17-11-13-18(27)14-12-17)29-22(26(24)32-30-16)15-23(31)28-19-7-3-2-4-8-19/h2-14,22H,15H2,1H3,(H,28,31)/t22-/m1/s1. The predicted molar refractivity (Wildman–Crippen MR) is 126 cm³/mol. The topological polar surface area (TPSA) is 67.5 Å². The number of amides is 1. The number of carbonyl (C=O) groups is 1. The first-order valence-corrected chi connectivity index (χ1v) is 10.7. The van der Waals surface area contributed by atoms with E-state index < -0.39 is 6.04 Å². The summed E-state index contributed by atoms with van der Waals surface area (Å²) < 4.78 is 5.73. The molecule has 1 aliphatic rings. The lowest BCUT2D eigenvalue weighted by Crippen LogP contribution is -2.15. The second kappa shape index (κ2) is 8.44. The van der Waals surface area contributed by atoms with Gasteiger partial charge in [0.05, 0.1) is 23.4 Å². The molecule has 1 atom stereocenters. The maximum Gasteiger partial charge on any atom is 0.227 e. The molecule has 1 aromatic heterocycles. The molecule has 3 aromatic carbocycles. The number of halogens is 1. The summed E-state index contributed by atoms with van der Waals surface area (Å²) in [5, 5.41) is 7.79. The van der Waals surface area contributed by atoms with E-state index in [1.54, 1.807) is 0 Å². The Morgan fingerprint density at radius 2 is 1.66 bits per heavy atom. The van der Waals surface area contributed by atoms with Gasteiger partial charge in [-0.1, -0.05) is 71.4 Å². The summed E-state index contributed by atoms with van der Waals surface area (Å²) in [7, 11) is 0. The van der Waals surface area contributed by atoms with Crippen LogP contribution in [-0.2, 0) is 4.79 Å². The van der Waals surface area contributed by atoms with Crippen LogP contribution in [0.1, 0.15) is 35.0 Å². The summed E-state index contributed by atoms with van der Waals surface area (Å²) in [6.45, 7) is 1.91. The average molecular weight is 442 g/mol. The van der Waals surface area contributed by atoms with Crippen LogP contribution in [0.15, 0.2) is 88.4 Å². The van der Waals surface area contributed by atoms with E-state index in [2.05, 4.69) is 10.5 Å². The van der Waals surface area contributed by atoms with Crippen LogP contribution in [0.25, 0.3) is 11.1 Å². The maximum absolute atomic E-state index is 12.9. The van der Waals surface area contributed by atoms with Crippen LogP contribution < -0.4 is 5.32 Å². The number of aliphatic imine (C=N–C) groups is 1. The molecule has 5 rings (SSSR count). The van der Waals surface area contributed by atoms with Gasteiger partial charge in [-0.15, -0.1) is 0 Å². The molecule has 0 fully saturated rings. The normalized spacial score (nSPS) is 14.7. The Balaban J connectivity index is 1.61. The number of rotatable bonds is 4. The van der Waals surface area contributed by atoms with Crippen molar-refractivity contribution >= 4 is 28.9 Å². The van der Waals surface area contributed by atoms with Crippen molar-refractivity contribution in [3.8, 4) is 11.1 Å². The molecule has 0 radical (unpaired) electrons. The third-order valence-corrected chi connectivity index (χ3v) is 5.73. The third kappa shape index (κ3) is 3.83. The first kappa shape index (κ1) is 20.2.